The first-order chi connectivity index (χ1) is 24.3. The quantitative estimate of drug-likeness (QED) is 0.0629. The number of thioether (sulfide) groups is 1. The van der Waals surface area contributed by atoms with Crippen molar-refractivity contribution >= 4 is 55.3 Å². The molecule has 14 nitrogen and oxygen atoms in total. The van der Waals surface area contributed by atoms with Gasteiger partial charge < -0.3 is 31.3 Å². The Morgan fingerprint density at radius 1 is 1.26 bits per heavy atom. The highest BCUT2D eigenvalue weighted by Gasteiger charge is 2.14. The van der Waals surface area contributed by atoms with Gasteiger partial charge in [-0.25, -0.2) is 9.38 Å². The van der Waals surface area contributed by atoms with Gasteiger partial charge in [-0.1, -0.05) is 6.07 Å². The van der Waals surface area contributed by atoms with Gasteiger partial charge >= 0.3 is 0 Å². The molecule has 0 spiro atoms. The molecule has 0 atom stereocenters. The van der Waals surface area contributed by atoms with Crippen LogP contribution in [-0.4, -0.2) is 151 Å². The second-order valence-corrected chi connectivity index (χ2v) is 12.1. The molecule has 0 saturated carbocycles. The molecule has 16 heteroatoms. The van der Waals surface area contributed by atoms with E-state index in [1.54, 1.807) is 36.4 Å². The molecular formula is C34H51FN10O4S. The zero-order valence-electron chi connectivity index (χ0n) is 29.1. The first-order valence-electron chi connectivity index (χ1n) is 16.5. The average molecular weight is 715 g/mol. The van der Waals surface area contributed by atoms with Gasteiger partial charge in [0.2, 0.25) is 5.91 Å². The first kappa shape index (κ1) is 42.1. The third-order valence-corrected chi connectivity index (χ3v) is 8.43. The van der Waals surface area contributed by atoms with Crippen LogP contribution in [-0.2, 0) is 14.3 Å². The van der Waals surface area contributed by atoms with Crippen molar-refractivity contribution in [2.45, 2.75) is 18.2 Å². The predicted octanol–water partition coefficient (Wildman–Crippen LogP) is 1.11. The minimum atomic E-state index is -0.424. The van der Waals surface area contributed by atoms with Crippen LogP contribution in [0, 0.1) is 12.7 Å². The number of benzene rings is 1. The number of nitrogens with two attached hydrogens (primary N) is 1. The Balaban J connectivity index is 1.76. The highest BCUT2D eigenvalue weighted by Crippen LogP contribution is 2.25. The van der Waals surface area contributed by atoms with Crippen LogP contribution in [0.15, 0.2) is 60.5 Å². The van der Waals surface area contributed by atoms with Crippen molar-refractivity contribution in [2.24, 2.45) is 25.7 Å². The number of amides is 2. The molecule has 0 unspecified atom stereocenters. The van der Waals surface area contributed by atoms with Gasteiger partial charge in [-0.15, -0.1) is 11.8 Å². The Bertz CT molecular complexity index is 1390. The topological polar surface area (TPSA) is 178 Å². The Hall–Kier alpha value is -4.09. The fourth-order valence-electron chi connectivity index (χ4n) is 4.48. The van der Waals surface area contributed by atoms with Gasteiger partial charge in [0.15, 0.2) is 0 Å². The monoisotopic (exact) mass is 714 g/mol. The lowest BCUT2D eigenvalue weighted by Gasteiger charge is -2.23. The number of rotatable bonds is 21. The fourth-order valence-corrected chi connectivity index (χ4v) is 5.35. The van der Waals surface area contributed by atoms with E-state index in [-0.39, 0.29) is 18.2 Å². The van der Waals surface area contributed by atoms with Gasteiger partial charge in [-0.05, 0) is 32.3 Å². The predicted molar refractivity (Wildman–Crippen MR) is 201 cm³/mol. The Morgan fingerprint density at radius 3 is 2.86 bits per heavy atom. The molecule has 1 aromatic rings. The van der Waals surface area contributed by atoms with Gasteiger partial charge in [-0.3, -0.25) is 34.3 Å². The molecule has 0 saturated heterocycles. The molecule has 0 aliphatic carbocycles. The van der Waals surface area contributed by atoms with Crippen LogP contribution in [0.1, 0.15) is 22.3 Å². The number of aliphatic imine (C=N–C) groups is 4. The van der Waals surface area contributed by atoms with E-state index in [0.717, 1.165) is 12.1 Å². The molecule has 1 heterocycles. The highest BCUT2D eigenvalue weighted by molar-refractivity contribution is 7.99. The van der Waals surface area contributed by atoms with Crippen LogP contribution in [0.4, 0.5) is 4.39 Å². The summed E-state index contributed by atoms with van der Waals surface area (Å²) in [6.07, 6.45) is 8.59. The van der Waals surface area contributed by atoms with Crippen LogP contribution in [0.3, 0.4) is 0 Å². The number of carbonyl (C=O) groups is 3. The molecular weight excluding hydrogens is 664 g/mol. The number of hydrogen-bond donors (Lipinski definition) is 4. The lowest BCUT2D eigenvalue weighted by Crippen LogP contribution is -2.38. The summed E-state index contributed by atoms with van der Waals surface area (Å²) in [5.74, 6) is -0.321. The van der Waals surface area contributed by atoms with Crippen LogP contribution >= 0.6 is 11.8 Å². The van der Waals surface area contributed by atoms with Crippen molar-refractivity contribution in [2.75, 3.05) is 98.0 Å². The molecule has 1 aliphatic heterocycles. The second-order valence-electron chi connectivity index (χ2n) is 11.0. The summed E-state index contributed by atoms with van der Waals surface area (Å²) in [4.78, 5) is 57.8. The average Bonchev–Trinajstić information content (AvgIpc) is 3.11. The molecule has 1 aliphatic rings. The van der Waals surface area contributed by atoms with E-state index in [4.69, 9.17) is 10.5 Å². The van der Waals surface area contributed by atoms with E-state index in [9.17, 15) is 18.8 Å². The lowest BCUT2D eigenvalue weighted by molar-refractivity contribution is -0.132. The van der Waals surface area contributed by atoms with Gasteiger partial charge in [-0.2, -0.15) is 0 Å². The molecule has 0 fully saturated rings. The summed E-state index contributed by atoms with van der Waals surface area (Å²) in [7, 11) is 1.84. The summed E-state index contributed by atoms with van der Waals surface area (Å²) in [5, 5.41) is 9.02. The largest absolute Gasteiger partial charge is 0.380 e. The number of halogens is 1. The molecule has 1 aromatic carbocycles. The van der Waals surface area contributed by atoms with Gasteiger partial charge in [0, 0.05) is 106 Å². The van der Waals surface area contributed by atoms with Gasteiger partial charge in [0.1, 0.15) is 12.1 Å². The Kier molecular flexibility index (Phi) is 21.7. The summed E-state index contributed by atoms with van der Waals surface area (Å²) in [6, 6.07) is 3.16. The number of likely N-dealkylation sites (N-methyl/N-ethyl adjacent to an activating group) is 1. The zero-order valence-corrected chi connectivity index (χ0v) is 29.9. The summed E-state index contributed by atoms with van der Waals surface area (Å²) in [5.41, 5.74) is 7.34. The molecule has 274 valence electrons. The minimum Gasteiger partial charge on any atom is -0.380 e. The van der Waals surface area contributed by atoms with Gasteiger partial charge in [0.25, 0.3) is 5.91 Å². The van der Waals surface area contributed by atoms with Crippen LogP contribution < -0.4 is 21.7 Å². The van der Waals surface area contributed by atoms with Crippen molar-refractivity contribution in [3.63, 3.8) is 0 Å². The lowest BCUT2D eigenvalue weighted by atomic mass is 10.1. The maximum Gasteiger partial charge on any atom is 0.254 e. The normalized spacial score (nSPS) is 16.7. The van der Waals surface area contributed by atoms with Crippen molar-refractivity contribution in [3.05, 3.63) is 52.6 Å². The van der Waals surface area contributed by atoms with Crippen molar-refractivity contribution in [1.82, 2.24) is 25.8 Å². The molecule has 0 radical (unpaired) electrons. The Labute approximate surface area is 298 Å². The smallest absolute Gasteiger partial charge is 0.254 e. The van der Waals surface area contributed by atoms with Crippen molar-refractivity contribution in [3.8, 4) is 0 Å². The van der Waals surface area contributed by atoms with Crippen molar-refractivity contribution < 1.29 is 23.5 Å². The SMILES string of the molecule is C=N/C=C(\C=N/CCN(CCNC)C(=O)CCOCCN1CC\N=C/C(C(=O)NCCSc2ccc(C=O)c(C)c2F)=C\N=C\NCC1)CN. The van der Waals surface area contributed by atoms with E-state index in [1.165, 1.54) is 30.5 Å². The van der Waals surface area contributed by atoms with Crippen LogP contribution in [0.25, 0.3) is 0 Å². The fraction of sp³-hybridized carbons (Fsp3) is 0.500. The van der Waals surface area contributed by atoms with E-state index in [1.807, 2.05) is 7.05 Å². The van der Waals surface area contributed by atoms with E-state index >= 15 is 0 Å². The number of aldehydes is 1. The third-order valence-electron chi connectivity index (χ3n) is 7.40. The van der Waals surface area contributed by atoms with Gasteiger partial charge in [0.05, 0.1) is 44.6 Å². The zero-order chi connectivity index (χ0) is 36.4. The van der Waals surface area contributed by atoms with Crippen molar-refractivity contribution in [1.29, 1.82) is 0 Å². The van der Waals surface area contributed by atoms with E-state index < -0.39 is 5.82 Å². The molecule has 2 rings (SSSR count). The van der Waals surface area contributed by atoms with E-state index in [0.29, 0.717) is 112 Å². The standard InChI is InChI=1S/C34H51FN10O4S/c1-27-29(25-46)4-5-31(33(27)35)50-19-11-43-34(48)30-23-40-8-12-44(13-9-41-26-42-24-30)16-18-49-17-6-32(47)45(14-7-37-2)15-10-39-22-28(20-36)21-38-3/h4-5,21-26,37H,3,6-20,36H2,1-2H3,(H,41,42)(H,43,48)/b28-21-,30-24+,39-22-,40-23-. The highest BCUT2D eigenvalue weighted by atomic mass is 32.2. The minimum absolute atomic E-state index is 0.00273. The summed E-state index contributed by atoms with van der Waals surface area (Å²) in [6.45, 7) is 11.7. The number of hydrogen-bond acceptors (Lipinski definition) is 13. The molecule has 50 heavy (non-hydrogen) atoms. The first-order valence-corrected chi connectivity index (χ1v) is 17.5. The molecule has 0 bridgehead atoms. The number of ether oxygens (including phenoxy) is 1. The third kappa shape index (κ3) is 16.5. The molecule has 2 amide bonds. The maximum atomic E-state index is 14.5. The number of nitrogens with one attached hydrogen (secondary N) is 3. The summed E-state index contributed by atoms with van der Waals surface area (Å²) >= 11 is 1.26. The van der Waals surface area contributed by atoms with Crippen LogP contribution in [0.2, 0.25) is 0 Å². The Morgan fingerprint density at radius 2 is 2.10 bits per heavy atom. The van der Waals surface area contributed by atoms with Crippen LogP contribution in [0.5, 0.6) is 0 Å². The molecule has 5 N–H and O–H groups in total. The second kappa shape index (κ2) is 25.8. The molecule has 0 aromatic heterocycles. The summed E-state index contributed by atoms with van der Waals surface area (Å²) < 4.78 is 20.3. The number of nitrogens with zero attached hydrogens (tertiary/aromatic N) is 6. The maximum absolute atomic E-state index is 14.5. The van der Waals surface area contributed by atoms with E-state index in [2.05, 4.69) is 47.5 Å². The number of carbonyl (C=O) groups excluding carboxylic acids is 3.